The molecule has 4 aromatic carbocycles. The van der Waals surface area contributed by atoms with Crippen LogP contribution in [0.1, 0.15) is 47.9 Å². The maximum absolute atomic E-state index is 14.7. The van der Waals surface area contributed by atoms with Crippen molar-refractivity contribution in [2.75, 3.05) is 10.8 Å². The fourth-order valence-corrected chi connectivity index (χ4v) is 7.98. The van der Waals surface area contributed by atoms with Crippen LogP contribution in [-0.4, -0.2) is 43.8 Å². The van der Waals surface area contributed by atoms with Crippen LogP contribution >= 0.6 is 34.8 Å². The lowest BCUT2D eigenvalue weighted by atomic mass is 10.0. The average molecular weight is 727 g/mol. The Labute approximate surface area is 297 Å². The zero-order valence-electron chi connectivity index (χ0n) is 26.8. The van der Waals surface area contributed by atoms with Gasteiger partial charge in [-0.3, -0.25) is 13.9 Å². The molecule has 0 spiro atoms. The Bertz CT molecular complexity index is 1840. The number of halogens is 3. The largest absolute Gasteiger partial charge is 0.352 e. The van der Waals surface area contributed by atoms with Gasteiger partial charge in [0.15, 0.2) is 0 Å². The Morgan fingerprint density at radius 2 is 1.48 bits per heavy atom. The molecule has 0 heterocycles. The van der Waals surface area contributed by atoms with Gasteiger partial charge in [-0.05, 0) is 74.2 Å². The normalized spacial score (nSPS) is 14.0. The summed E-state index contributed by atoms with van der Waals surface area (Å²) in [5.74, 6) is -0.936. The third kappa shape index (κ3) is 8.53. The lowest BCUT2D eigenvalue weighted by Crippen LogP contribution is -2.54. The first-order valence-corrected chi connectivity index (χ1v) is 18.4. The summed E-state index contributed by atoms with van der Waals surface area (Å²) in [6.07, 6.45) is 3.91. The average Bonchev–Trinajstić information content (AvgIpc) is 3.57. The maximum atomic E-state index is 14.7. The first-order chi connectivity index (χ1) is 22.9. The summed E-state index contributed by atoms with van der Waals surface area (Å²) in [6.45, 7) is 2.93. The predicted molar refractivity (Wildman–Crippen MR) is 193 cm³/mol. The molecule has 1 fully saturated rings. The van der Waals surface area contributed by atoms with Gasteiger partial charge in [0.2, 0.25) is 11.8 Å². The Morgan fingerprint density at radius 3 is 2.10 bits per heavy atom. The molecule has 0 aromatic heterocycles. The van der Waals surface area contributed by atoms with Crippen molar-refractivity contribution in [1.82, 2.24) is 10.2 Å². The van der Waals surface area contributed by atoms with Gasteiger partial charge in [0.1, 0.15) is 12.6 Å². The number of nitrogens with one attached hydrogen (secondary N) is 1. The van der Waals surface area contributed by atoms with Crippen molar-refractivity contribution in [1.29, 1.82) is 0 Å². The number of amides is 2. The van der Waals surface area contributed by atoms with E-state index in [0.29, 0.717) is 20.6 Å². The summed E-state index contributed by atoms with van der Waals surface area (Å²) in [6, 6.07) is 24.7. The summed E-state index contributed by atoms with van der Waals surface area (Å²) in [5.41, 5.74) is 3.13. The molecule has 2 amide bonds. The van der Waals surface area contributed by atoms with Crippen LogP contribution < -0.4 is 9.62 Å². The van der Waals surface area contributed by atoms with Crippen LogP contribution in [0.4, 0.5) is 5.69 Å². The fraction of sp³-hybridized carbons (Fsp3) is 0.297. The molecule has 0 aliphatic heterocycles. The molecule has 1 saturated carbocycles. The van der Waals surface area contributed by atoms with Crippen LogP contribution in [0.25, 0.3) is 0 Å². The Kier molecular flexibility index (Phi) is 11.7. The topological polar surface area (TPSA) is 86.8 Å². The third-order valence-corrected chi connectivity index (χ3v) is 11.6. The van der Waals surface area contributed by atoms with E-state index in [1.54, 1.807) is 42.5 Å². The first-order valence-electron chi connectivity index (χ1n) is 15.9. The highest BCUT2D eigenvalue weighted by atomic mass is 35.5. The van der Waals surface area contributed by atoms with Gasteiger partial charge in [-0.1, -0.05) is 108 Å². The van der Waals surface area contributed by atoms with Crippen LogP contribution in [0.15, 0.2) is 95.9 Å². The van der Waals surface area contributed by atoms with Gasteiger partial charge in [-0.15, -0.1) is 0 Å². The molecule has 0 saturated heterocycles. The van der Waals surface area contributed by atoms with Crippen LogP contribution in [0, 0.1) is 13.8 Å². The van der Waals surface area contributed by atoms with Gasteiger partial charge in [-0.2, -0.15) is 0 Å². The second-order valence-corrected chi connectivity index (χ2v) is 15.3. The quantitative estimate of drug-likeness (QED) is 0.160. The standard InChI is InChI=1S/C37H38Cl3N3O4S/c1-25-15-19-30(20-16-25)48(46,47)43(29-18-17-26(2)34(40)22-29)24-36(44)42(23-31-32(38)13-8-14-33(31)39)35(21-27-9-4-3-5-10-27)37(45)41-28-11-6-7-12-28/h3-5,8-10,13-20,22,28,35H,6-7,11-12,21,23-24H2,1-2H3,(H,41,45)/t35-/m0/s1. The number of nitrogens with zero attached hydrogens (tertiary/aromatic N) is 2. The van der Waals surface area contributed by atoms with Crippen molar-refractivity contribution in [2.45, 2.75) is 69.5 Å². The number of anilines is 1. The van der Waals surface area contributed by atoms with E-state index in [2.05, 4.69) is 5.32 Å². The van der Waals surface area contributed by atoms with Gasteiger partial charge in [-0.25, -0.2) is 8.42 Å². The molecule has 0 radical (unpaired) electrons. The van der Waals surface area contributed by atoms with Crippen molar-refractivity contribution < 1.29 is 18.0 Å². The van der Waals surface area contributed by atoms with Crippen molar-refractivity contribution >= 4 is 62.3 Å². The highest BCUT2D eigenvalue weighted by molar-refractivity contribution is 7.92. The van der Waals surface area contributed by atoms with Gasteiger partial charge in [0, 0.05) is 39.6 Å². The minimum atomic E-state index is -4.27. The molecule has 0 bridgehead atoms. The Hall–Kier alpha value is -3.56. The van der Waals surface area contributed by atoms with E-state index in [4.69, 9.17) is 34.8 Å². The minimum Gasteiger partial charge on any atom is -0.352 e. The van der Waals surface area contributed by atoms with Crippen LogP contribution in [-0.2, 0) is 32.6 Å². The second-order valence-electron chi connectivity index (χ2n) is 12.2. The molecule has 4 aromatic rings. The van der Waals surface area contributed by atoms with E-state index in [-0.39, 0.29) is 35.5 Å². The van der Waals surface area contributed by atoms with Crippen molar-refractivity contribution in [2.24, 2.45) is 0 Å². The molecule has 1 aliphatic rings. The van der Waals surface area contributed by atoms with Crippen LogP contribution in [0.5, 0.6) is 0 Å². The van der Waals surface area contributed by atoms with E-state index in [1.807, 2.05) is 44.2 Å². The number of carbonyl (C=O) groups is 2. The molecule has 1 aliphatic carbocycles. The number of rotatable bonds is 12. The molecule has 1 N–H and O–H groups in total. The SMILES string of the molecule is Cc1ccc(S(=O)(=O)N(CC(=O)N(Cc2c(Cl)cccc2Cl)[C@@H](Cc2ccccc2)C(=O)NC2CCCC2)c2ccc(C)c(Cl)c2)cc1. The van der Waals surface area contributed by atoms with Crippen molar-refractivity contribution in [3.05, 3.63) is 128 Å². The van der Waals surface area contributed by atoms with E-state index < -0.39 is 28.5 Å². The van der Waals surface area contributed by atoms with E-state index in [9.17, 15) is 18.0 Å². The van der Waals surface area contributed by atoms with Gasteiger partial charge in [0.05, 0.1) is 10.6 Å². The number of sulfonamides is 1. The van der Waals surface area contributed by atoms with E-state index in [1.165, 1.54) is 23.1 Å². The molecule has 1 atom stereocenters. The monoisotopic (exact) mass is 725 g/mol. The summed E-state index contributed by atoms with van der Waals surface area (Å²) in [4.78, 5) is 30.3. The fourth-order valence-electron chi connectivity index (χ4n) is 5.88. The molecule has 252 valence electrons. The number of hydrogen-bond donors (Lipinski definition) is 1. The number of hydrogen-bond acceptors (Lipinski definition) is 4. The molecule has 0 unspecified atom stereocenters. The molecular weight excluding hydrogens is 689 g/mol. The van der Waals surface area contributed by atoms with Crippen LogP contribution in [0.3, 0.4) is 0 Å². The smallest absolute Gasteiger partial charge is 0.264 e. The van der Waals surface area contributed by atoms with Gasteiger partial charge in [0.25, 0.3) is 10.0 Å². The summed E-state index contributed by atoms with van der Waals surface area (Å²) < 4.78 is 29.6. The first kappa shape index (κ1) is 35.7. The Morgan fingerprint density at radius 1 is 0.833 bits per heavy atom. The zero-order valence-corrected chi connectivity index (χ0v) is 29.9. The van der Waals surface area contributed by atoms with E-state index in [0.717, 1.165) is 46.7 Å². The summed E-state index contributed by atoms with van der Waals surface area (Å²) >= 11 is 19.7. The number of carbonyl (C=O) groups excluding carboxylic acids is 2. The minimum absolute atomic E-state index is 0.00950. The van der Waals surface area contributed by atoms with E-state index >= 15 is 0 Å². The molecule has 7 nitrogen and oxygen atoms in total. The van der Waals surface area contributed by atoms with Crippen LogP contribution in [0.2, 0.25) is 15.1 Å². The maximum Gasteiger partial charge on any atom is 0.264 e. The lowest BCUT2D eigenvalue weighted by molar-refractivity contribution is -0.140. The van der Waals surface area contributed by atoms with Gasteiger partial charge >= 0.3 is 0 Å². The summed E-state index contributed by atoms with van der Waals surface area (Å²) in [7, 11) is -4.27. The zero-order chi connectivity index (χ0) is 34.4. The third-order valence-electron chi connectivity index (χ3n) is 8.69. The number of benzene rings is 4. The second kappa shape index (κ2) is 15.8. The molecule has 5 rings (SSSR count). The summed E-state index contributed by atoms with van der Waals surface area (Å²) in [5, 5.41) is 4.16. The number of aryl methyl sites for hydroxylation is 2. The van der Waals surface area contributed by atoms with Crippen molar-refractivity contribution in [3.8, 4) is 0 Å². The van der Waals surface area contributed by atoms with Gasteiger partial charge < -0.3 is 10.2 Å². The predicted octanol–water partition coefficient (Wildman–Crippen LogP) is 8.16. The van der Waals surface area contributed by atoms with Crippen molar-refractivity contribution in [3.63, 3.8) is 0 Å². The molecular formula is C37H38Cl3N3O4S. The highest BCUT2D eigenvalue weighted by Gasteiger charge is 2.36. The molecule has 11 heteroatoms. The highest BCUT2D eigenvalue weighted by Crippen LogP contribution is 2.31. The molecule has 48 heavy (non-hydrogen) atoms. The Balaban J connectivity index is 1.61. The lowest BCUT2D eigenvalue weighted by Gasteiger charge is -2.34.